The summed E-state index contributed by atoms with van der Waals surface area (Å²) in [5.41, 5.74) is 0.436. The van der Waals surface area contributed by atoms with Gasteiger partial charge in [0.05, 0.1) is 5.56 Å². The van der Waals surface area contributed by atoms with E-state index < -0.39 is 17.4 Å². The summed E-state index contributed by atoms with van der Waals surface area (Å²) in [4.78, 5) is 4.71. The van der Waals surface area contributed by atoms with Gasteiger partial charge in [0.1, 0.15) is 5.66 Å². The van der Waals surface area contributed by atoms with Crippen LogP contribution in [0, 0.1) is 0 Å². The van der Waals surface area contributed by atoms with E-state index >= 15 is 0 Å². The zero-order chi connectivity index (χ0) is 18.5. The Balaban J connectivity index is 2.22. The SMILES string of the molecule is CCCC1=CC(CC)(NCC)N=C(Nc2ccc(C(F)(F)F)cc2)N1. The number of likely N-dealkylation sites (N-methyl/N-ethyl adjacent to an activating group) is 1. The molecule has 1 aromatic carbocycles. The van der Waals surface area contributed by atoms with Crippen molar-refractivity contribution < 1.29 is 13.2 Å². The molecule has 7 heteroatoms. The van der Waals surface area contributed by atoms with Gasteiger partial charge >= 0.3 is 6.18 Å². The van der Waals surface area contributed by atoms with Crippen molar-refractivity contribution in [2.75, 3.05) is 11.9 Å². The summed E-state index contributed by atoms with van der Waals surface area (Å²) in [6, 6.07) is 4.94. The first kappa shape index (κ1) is 19.3. The molecule has 0 radical (unpaired) electrons. The van der Waals surface area contributed by atoms with Gasteiger partial charge in [0, 0.05) is 11.4 Å². The van der Waals surface area contributed by atoms with Gasteiger partial charge in [-0.15, -0.1) is 0 Å². The van der Waals surface area contributed by atoms with E-state index in [9.17, 15) is 13.2 Å². The van der Waals surface area contributed by atoms with Crippen molar-refractivity contribution >= 4 is 11.6 Å². The van der Waals surface area contributed by atoms with Gasteiger partial charge in [-0.25, -0.2) is 4.99 Å². The minimum atomic E-state index is -4.33. The molecule has 0 saturated heterocycles. The number of alkyl halides is 3. The average molecular weight is 354 g/mol. The van der Waals surface area contributed by atoms with E-state index in [2.05, 4.69) is 29.0 Å². The van der Waals surface area contributed by atoms with Crippen LogP contribution in [0.3, 0.4) is 0 Å². The van der Waals surface area contributed by atoms with Gasteiger partial charge in [-0.2, -0.15) is 13.2 Å². The highest BCUT2D eigenvalue weighted by molar-refractivity contribution is 5.95. The summed E-state index contributed by atoms with van der Waals surface area (Å²) >= 11 is 0. The quantitative estimate of drug-likeness (QED) is 0.706. The maximum absolute atomic E-state index is 12.7. The zero-order valence-electron chi connectivity index (χ0n) is 14.8. The number of allylic oxidation sites excluding steroid dienone is 1. The number of hydrogen-bond donors (Lipinski definition) is 3. The summed E-state index contributed by atoms with van der Waals surface area (Å²) in [6.45, 7) is 6.93. The lowest BCUT2D eigenvalue weighted by Crippen LogP contribution is -2.48. The Bertz CT molecular complexity index is 635. The molecule has 0 aromatic heterocycles. The third kappa shape index (κ3) is 4.98. The molecule has 1 aromatic rings. The fourth-order valence-corrected chi connectivity index (χ4v) is 2.78. The third-order valence-corrected chi connectivity index (χ3v) is 4.02. The van der Waals surface area contributed by atoms with Crippen LogP contribution in [0.25, 0.3) is 0 Å². The molecule has 0 fully saturated rings. The van der Waals surface area contributed by atoms with E-state index in [1.807, 2.05) is 13.8 Å². The summed E-state index contributed by atoms with van der Waals surface area (Å²) < 4.78 is 38.0. The van der Waals surface area contributed by atoms with Crippen molar-refractivity contribution in [1.29, 1.82) is 0 Å². The summed E-state index contributed by atoms with van der Waals surface area (Å²) in [6.07, 6.45) is 0.392. The molecule has 1 unspecified atom stereocenters. The van der Waals surface area contributed by atoms with Crippen LogP contribution in [0.2, 0.25) is 0 Å². The highest BCUT2D eigenvalue weighted by Crippen LogP contribution is 2.30. The first-order chi connectivity index (χ1) is 11.8. The maximum Gasteiger partial charge on any atom is 0.416 e. The Kier molecular flexibility index (Phi) is 6.11. The summed E-state index contributed by atoms with van der Waals surface area (Å²) in [7, 11) is 0. The smallest absolute Gasteiger partial charge is 0.330 e. The van der Waals surface area contributed by atoms with Gasteiger partial charge < -0.3 is 10.6 Å². The van der Waals surface area contributed by atoms with Crippen molar-refractivity contribution in [3.63, 3.8) is 0 Å². The minimum absolute atomic E-state index is 0.501. The van der Waals surface area contributed by atoms with E-state index in [1.165, 1.54) is 12.1 Å². The van der Waals surface area contributed by atoms with Gasteiger partial charge in [-0.3, -0.25) is 5.32 Å². The molecule has 1 atom stereocenters. The molecule has 1 heterocycles. The molecule has 4 nitrogen and oxygen atoms in total. The van der Waals surface area contributed by atoms with Crippen molar-refractivity contribution in [3.8, 4) is 0 Å². The number of benzene rings is 1. The lowest BCUT2D eigenvalue weighted by Gasteiger charge is -2.33. The summed E-state index contributed by atoms with van der Waals surface area (Å²) in [5, 5.41) is 9.71. The number of aliphatic imine (C=N–C) groups is 1. The lowest BCUT2D eigenvalue weighted by molar-refractivity contribution is -0.137. The van der Waals surface area contributed by atoms with Gasteiger partial charge in [0.25, 0.3) is 0 Å². The number of rotatable bonds is 6. The Morgan fingerprint density at radius 2 is 1.80 bits per heavy atom. The molecule has 1 aliphatic heterocycles. The Hall–Kier alpha value is -2.02. The van der Waals surface area contributed by atoms with Crippen molar-refractivity contribution in [1.82, 2.24) is 10.6 Å². The van der Waals surface area contributed by atoms with Crippen LogP contribution in [-0.4, -0.2) is 18.2 Å². The molecule has 2 rings (SSSR count). The van der Waals surface area contributed by atoms with Gasteiger partial charge in [-0.1, -0.05) is 27.2 Å². The highest BCUT2D eigenvalue weighted by atomic mass is 19.4. The predicted octanol–water partition coefficient (Wildman–Crippen LogP) is 4.48. The number of anilines is 1. The molecule has 1 aliphatic rings. The van der Waals surface area contributed by atoms with Crippen molar-refractivity contribution in [2.45, 2.75) is 51.9 Å². The molecule has 138 valence electrons. The molecule has 0 bridgehead atoms. The Morgan fingerprint density at radius 1 is 1.12 bits per heavy atom. The van der Waals surface area contributed by atoms with E-state index in [-0.39, 0.29) is 0 Å². The predicted molar refractivity (Wildman–Crippen MR) is 95.3 cm³/mol. The molecule has 3 N–H and O–H groups in total. The van der Waals surface area contributed by atoms with E-state index in [1.54, 1.807) is 0 Å². The normalized spacial score (nSPS) is 20.6. The van der Waals surface area contributed by atoms with E-state index in [4.69, 9.17) is 4.99 Å². The van der Waals surface area contributed by atoms with Crippen LogP contribution in [0.5, 0.6) is 0 Å². The molecular formula is C18H25F3N4. The molecule has 0 spiro atoms. The van der Waals surface area contributed by atoms with Gasteiger partial charge in [-0.05, 0) is 49.7 Å². The van der Waals surface area contributed by atoms with Crippen LogP contribution in [0.15, 0.2) is 41.0 Å². The van der Waals surface area contributed by atoms with Crippen LogP contribution in [0.4, 0.5) is 18.9 Å². The topological polar surface area (TPSA) is 48.5 Å². The van der Waals surface area contributed by atoms with Crippen LogP contribution in [-0.2, 0) is 6.18 Å². The standard InChI is InChI=1S/C18H25F3N4/c1-4-7-15-12-17(5-2,22-6-3)25-16(24-15)23-14-10-8-13(9-11-14)18(19,20)21/h8-12,22H,4-7H2,1-3H3,(H2,23,24,25). The van der Waals surface area contributed by atoms with Crippen LogP contribution >= 0.6 is 0 Å². The fraction of sp³-hybridized carbons (Fsp3) is 0.500. The first-order valence-electron chi connectivity index (χ1n) is 8.59. The first-order valence-corrected chi connectivity index (χ1v) is 8.59. The molecule has 0 saturated carbocycles. The third-order valence-electron chi connectivity index (χ3n) is 4.02. The highest BCUT2D eigenvalue weighted by Gasteiger charge is 2.31. The number of nitrogens with zero attached hydrogens (tertiary/aromatic N) is 1. The Labute approximate surface area is 146 Å². The number of guanidine groups is 1. The second-order valence-electron chi connectivity index (χ2n) is 6.01. The summed E-state index contributed by atoms with van der Waals surface area (Å²) in [5.74, 6) is 0.536. The largest absolute Gasteiger partial charge is 0.416 e. The van der Waals surface area contributed by atoms with Crippen molar-refractivity contribution in [2.24, 2.45) is 4.99 Å². The molecular weight excluding hydrogens is 329 g/mol. The van der Waals surface area contributed by atoms with Gasteiger partial charge in [0.15, 0.2) is 0 Å². The van der Waals surface area contributed by atoms with Crippen LogP contribution in [0.1, 0.15) is 45.6 Å². The van der Waals surface area contributed by atoms with Crippen molar-refractivity contribution in [3.05, 3.63) is 41.6 Å². The zero-order valence-corrected chi connectivity index (χ0v) is 14.8. The second kappa shape index (κ2) is 7.91. The Morgan fingerprint density at radius 3 is 2.32 bits per heavy atom. The average Bonchev–Trinajstić information content (AvgIpc) is 2.55. The molecule has 0 aliphatic carbocycles. The van der Waals surface area contributed by atoms with E-state index in [0.717, 1.165) is 43.6 Å². The lowest BCUT2D eigenvalue weighted by atomic mass is 10.0. The molecule has 0 amide bonds. The number of halogens is 3. The molecule has 25 heavy (non-hydrogen) atoms. The second-order valence-corrected chi connectivity index (χ2v) is 6.01. The number of nitrogens with one attached hydrogen (secondary N) is 3. The minimum Gasteiger partial charge on any atom is -0.330 e. The maximum atomic E-state index is 12.7. The van der Waals surface area contributed by atoms with Crippen LogP contribution < -0.4 is 16.0 Å². The number of hydrogen-bond acceptors (Lipinski definition) is 4. The fourth-order valence-electron chi connectivity index (χ4n) is 2.78. The van der Waals surface area contributed by atoms with Gasteiger partial charge in [0.2, 0.25) is 5.96 Å². The van der Waals surface area contributed by atoms with E-state index in [0.29, 0.717) is 11.6 Å². The monoisotopic (exact) mass is 354 g/mol.